The average molecular weight is 444 g/mol. The largest absolute Gasteiger partial charge is 0.495 e. The molecule has 1 N–H and O–H groups in total. The molecule has 150 valence electrons. The van der Waals surface area contributed by atoms with Gasteiger partial charge >= 0.3 is 0 Å². The first kappa shape index (κ1) is 22.2. The first-order valence-electron chi connectivity index (χ1n) is 8.03. The van der Waals surface area contributed by atoms with Crippen LogP contribution >= 0.6 is 23.2 Å². The standard InChI is InChI=1S/C18H19Cl2N3O4S/c1-12-7-8-16(27-3)17(9-12)28(25,26)23(2)11-18(24)22-21-10-13-14(19)5-4-6-15(13)20/h4-10H,11H2,1-3H3,(H,22,24)/b21-10+. The molecule has 0 aliphatic heterocycles. The summed E-state index contributed by atoms with van der Waals surface area (Å²) < 4.78 is 31.6. The van der Waals surface area contributed by atoms with Crippen LogP contribution in [0.15, 0.2) is 46.4 Å². The highest BCUT2D eigenvalue weighted by atomic mass is 35.5. The lowest BCUT2D eigenvalue weighted by atomic mass is 10.2. The van der Waals surface area contributed by atoms with Gasteiger partial charge in [-0.05, 0) is 36.8 Å². The summed E-state index contributed by atoms with van der Waals surface area (Å²) in [6, 6.07) is 9.73. The van der Waals surface area contributed by atoms with E-state index in [-0.39, 0.29) is 10.6 Å². The molecule has 0 aliphatic carbocycles. The number of rotatable bonds is 7. The fraction of sp³-hybridized carbons (Fsp3) is 0.222. The smallest absolute Gasteiger partial charge is 0.255 e. The minimum Gasteiger partial charge on any atom is -0.495 e. The number of amides is 1. The highest BCUT2D eigenvalue weighted by Crippen LogP contribution is 2.27. The molecule has 0 bridgehead atoms. The van der Waals surface area contributed by atoms with Gasteiger partial charge in [-0.1, -0.05) is 35.3 Å². The molecular formula is C18H19Cl2N3O4S. The number of likely N-dealkylation sites (N-methyl/N-ethyl adjacent to an activating group) is 1. The monoisotopic (exact) mass is 443 g/mol. The molecule has 0 radical (unpaired) electrons. The summed E-state index contributed by atoms with van der Waals surface area (Å²) >= 11 is 12.0. The van der Waals surface area contributed by atoms with Gasteiger partial charge in [0.1, 0.15) is 10.6 Å². The summed E-state index contributed by atoms with van der Waals surface area (Å²) in [6.45, 7) is 1.33. The summed E-state index contributed by atoms with van der Waals surface area (Å²) in [7, 11) is -1.26. The van der Waals surface area contributed by atoms with Crippen LogP contribution in [0.3, 0.4) is 0 Å². The SMILES string of the molecule is COc1ccc(C)cc1S(=O)(=O)N(C)CC(=O)N/N=C/c1c(Cl)cccc1Cl. The lowest BCUT2D eigenvalue weighted by Gasteiger charge is -2.18. The predicted molar refractivity (Wildman–Crippen MR) is 110 cm³/mol. The number of nitrogens with zero attached hydrogens (tertiary/aromatic N) is 2. The van der Waals surface area contributed by atoms with Crippen LogP contribution in [0, 0.1) is 6.92 Å². The first-order valence-corrected chi connectivity index (χ1v) is 10.2. The number of hydrogen-bond acceptors (Lipinski definition) is 5. The van der Waals surface area contributed by atoms with E-state index in [4.69, 9.17) is 27.9 Å². The molecule has 0 unspecified atom stereocenters. The minimum absolute atomic E-state index is 0.0170. The topological polar surface area (TPSA) is 88.1 Å². The van der Waals surface area contributed by atoms with Crippen LogP contribution < -0.4 is 10.2 Å². The molecule has 0 fully saturated rings. The maximum atomic E-state index is 12.8. The number of nitrogens with one attached hydrogen (secondary N) is 1. The Morgan fingerprint density at radius 3 is 2.50 bits per heavy atom. The normalized spacial score (nSPS) is 11.8. The molecule has 7 nitrogen and oxygen atoms in total. The highest BCUT2D eigenvalue weighted by Gasteiger charge is 2.26. The molecule has 1 amide bonds. The number of halogens is 2. The van der Waals surface area contributed by atoms with Crippen molar-refractivity contribution in [1.29, 1.82) is 0 Å². The molecule has 0 saturated heterocycles. The summed E-state index contributed by atoms with van der Waals surface area (Å²) in [5.74, 6) is -0.429. The third-order valence-electron chi connectivity index (χ3n) is 3.76. The average Bonchev–Trinajstić information content (AvgIpc) is 2.64. The van der Waals surface area contributed by atoms with E-state index in [0.29, 0.717) is 15.6 Å². The maximum Gasteiger partial charge on any atom is 0.255 e. The molecule has 0 spiro atoms. The fourth-order valence-electron chi connectivity index (χ4n) is 2.28. The van der Waals surface area contributed by atoms with Crippen LogP contribution in [0.2, 0.25) is 10.0 Å². The van der Waals surface area contributed by atoms with E-state index in [1.165, 1.54) is 26.4 Å². The van der Waals surface area contributed by atoms with Gasteiger partial charge in [0, 0.05) is 12.6 Å². The van der Waals surface area contributed by atoms with E-state index in [9.17, 15) is 13.2 Å². The Labute approximate surface area is 173 Å². The zero-order valence-corrected chi connectivity index (χ0v) is 17.8. The number of benzene rings is 2. The lowest BCUT2D eigenvalue weighted by Crippen LogP contribution is -2.36. The van der Waals surface area contributed by atoms with E-state index in [1.54, 1.807) is 37.3 Å². The maximum absolute atomic E-state index is 12.8. The molecule has 28 heavy (non-hydrogen) atoms. The van der Waals surface area contributed by atoms with Crippen molar-refractivity contribution in [2.45, 2.75) is 11.8 Å². The number of carbonyl (C=O) groups excluding carboxylic acids is 1. The first-order chi connectivity index (χ1) is 13.2. The van der Waals surface area contributed by atoms with E-state index < -0.39 is 22.5 Å². The Hall–Kier alpha value is -2.13. The van der Waals surface area contributed by atoms with Gasteiger partial charge in [0.15, 0.2) is 0 Å². The second kappa shape index (κ2) is 9.38. The number of aryl methyl sites for hydroxylation is 1. The van der Waals surface area contributed by atoms with Gasteiger partial charge in [-0.3, -0.25) is 4.79 Å². The minimum atomic E-state index is -3.94. The number of hydrogen-bond donors (Lipinski definition) is 1. The van der Waals surface area contributed by atoms with Gasteiger partial charge in [0.2, 0.25) is 10.0 Å². The van der Waals surface area contributed by atoms with Gasteiger partial charge in [-0.15, -0.1) is 0 Å². The van der Waals surface area contributed by atoms with E-state index in [1.807, 2.05) is 0 Å². The van der Waals surface area contributed by atoms with Crippen molar-refractivity contribution in [3.05, 3.63) is 57.6 Å². The summed E-state index contributed by atoms with van der Waals surface area (Å²) in [5.41, 5.74) is 3.45. The zero-order valence-electron chi connectivity index (χ0n) is 15.4. The number of ether oxygens (including phenoxy) is 1. The molecule has 0 saturated carbocycles. The molecule has 2 aromatic rings. The summed E-state index contributed by atoms with van der Waals surface area (Å²) in [4.78, 5) is 12.1. The van der Waals surface area contributed by atoms with Crippen LogP contribution in [0.5, 0.6) is 5.75 Å². The van der Waals surface area contributed by atoms with Gasteiger partial charge in [0.25, 0.3) is 5.91 Å². The van der Waals surface area contributed by atoms with Crippen molar-refractivity contribution in [2.75, 3.05) is 20.7 Å². The molecule has 10 heteroatoms. The van der Waals surface area contributed by atoms with Crippen molar-refractivity contribution in [2.24, 2.45) is 5.10 Å². The molecule has 0 aromatic heterocycles. The lowest BCUT2D eigenvalue weighted by molar-refractivity contribution is -0.121. The third kappa shape index (κ3) is 5.23. The molecule has 0 heterocycles. The second-order valence-electron chi connectivity index (χ2n) is 5.84. The Bertz CT molecular complexity index is 990. The van der Waals surface area contributed by atoms with Gasteiger partial charge in [-0.2, -0.15) is 9.41 Å². The van der Waals surface area contributed by atoms with Crippen LogP contribution in [0.1, 0.15) is 11.1 Å². The van der Waals surface area contributed by atoms with Crippen LogP contribution in [0.4, 0.5) is 0 Å². The quantitative estimate of drug-likeness (QED) is 0.525. The fourth-order valence-corrected chi connectivity index (χ4v) is 4.14. The van der Waals surface area contributed by atoms with Crippen molar-refractivity contribution in [3.8, 4) is 5.75 Å². The number of carbonyl (C=O) groups is 1. The number of methoxy groups -OCH3 is 1. The van der Waals surface area contributed by atoms with Crippen molar-refractivity contribution >= 4 is 45.3 Å². The Morgan fingerprint density at radius 2 is 1.89 bits per heavy atom. The molecule has 0 atom stereocenters. The van der Waals surface area contributed by atoms with Crippen LogP contribution in [-0.2, 0) is 14.8 Å². The molecular weight excluding hydrogens is 425 g/mol. The van der Waals surface area contributed by atoms with Gasteiger partial charge < -0.3 is 4.74 Å². The summed E-state index contributed by atoms with van der Waals surface area (Å²) in [6.07, 6.45) is 1.29. The third-order valence-corrected chi connectivity index (χ3v) is 6.24. The van der Waals surface area contributed by atoms with Gasteiger partial charge in [-0.25, -0.2) is 13.8 Å². The van der Waals surface area contributed by atoms with E-state index in [2.05, 4.69) is 10.5 Å². The van der Waals surface area contributed by atoms with E-state index >= 15 is 0 Å². The number of hydrazone groups is 1. The van der Waals surface area contributed by atoms with Crippen molar-refractivity contribution in [3.63, 3.8) is 0 Å². The Kier molecular flexibility index (Phi) is 7.42. The van der Waals surface area contributed by atoms with Crippen LogP contribution in [-0.4, -0.2) is 45.5 Å². The van der Waals surface area contributed by atoms with Crippen LogP contribution in [0.25, 0.3) is 0 Å². The predicted octanol–water partition coefficient (Wildman–Crippen LogP) is 3.08. The Morgan fingerprint density at radius 1 is 1.25 bits per heavy atom. The van der Waals surface area contributed by atoms with E-state index in [0.717, 1.165) is 9.87 Å². The molecule has 2 aromatic carbocycles. The number of sulfonamides is 1. The second-order valence-corrected chi connectivity index (χ2v) is 8.67. The van der Waals surface area contributed by atoms with Crippen molar-refractivity contribution < 1.29 is 17.9 Å². The highest BCUT2D eigenvalue weighted by molar-refractivity contribution is 7.89. The van der Waals surface area contributed by atoms with Crippen molar-refractivity contribution in [1.82, 2.24) is 9.73 Å². The molecule has 0 aliphatic rings. The Balaban J connectivity index is 2.09. The summed E-state index contributed by atoms with van der Waals surface area (Å²) in [5, 5.41) is 4.52. The molecule has 2 rings (SSSR count). The van der Waals surface area contributed by atoms with Gasteiger partial charge in [0.05, 0.1) is 29.9 Å². The zero-order chi connectivity index (χ0) is 20.9.